The Morgan fingerprint density at radius 3 is 2.42 bits per heavy atom. The first-order chi connectivity index (χ1) is 11.4. The van der Waals surface area contributed by atoms with E-state index in [4.69, 9.17) is 34.8 Å². The molecule has 1 aromatic heterocycles. The number of aromatic amines is 1. The first-order valence-corrected chi connectivity index (χ1v) is 9.69. The van der Waals surface area contributed by atoms with Crippen molar-refractivity contribution in [3.63, 3.8) is 0 Å². The van der Waals surface area contributed by atoms with Crippen LogP contribution in [-0.2, 0) is 16.4 Å². The zero-order valence-corrected chi connectivity index (χ0v) is 15.4. The molecule has 0 aliphatic carbocycles. The smallest absolute Gasteiger partial charge is 0.243 e. The number of sulfonamides is 1. The molecule has 126 valence electrons. The van der Waals surface area contributed by atoms with Crippen LogP contribution in [0.3, 0.4) is 0 Å². The van der Waals surface area contributed by atoms with Gasteiger partial charge in [-0.05, 0) is 30.2 Å². The molecule has 8 heteroatoms. The van der Waals surface area contributed by atoms with E-state index in [0.29, 0.717) is 6.42 Å². The van der Waals surface area contributed by atoms with Crippen LogP contribution in [0, 0.1) is 0 Å². The number of fused-ring (bicyclic) bond motifs is 1. The van der Waals surface area contributed by atoms with Crippen LogP contribution in [0.2, 0.25) is 15.1 Å². The van der Waals surface area contributed by atoms with Crippen molar-refractivity contribution in [3.8, 4) is 0 Å². The van der Waals surface area contributed by atoms with E-state index in [1.165, 1.54) is 12.1 Å². The molecule has 0 unspecified atom stereocenters. The zero-order valence-electron chi connectivity index (χ0n) is 12.3. The molecule has 24 heavy (non-hydrogen) atoms. The molecule has 1 heterocycles. The normalized spacial score (nSPS) is 12.0. The van der Waals surface area contributed by atoms with E-state index in [1.807, 2.05) is 30.5 Å². The van der Waals surface area contributed by atoms with Gasteiger partial charge < -0.3 is 4.98 Å². The highest BCUT2D eigenvalue weighted by Gasteiger charge is 2.22. The highest BCUT2D eigenvalue weighted by atomic mass is 35.5. The van der Waals surface area contributed by atoms with Gasteiger partial charge in [-0.1, -0.05) is 53.0 Å². The van der Waals surface area contributed by atoms with Gasteiger partial charge in [-0.2, -0.15) is 0 Å². The number of benzene rings is 2. The second-order valence-electron chi connectivity index (χ2n) is 5.21. The molecule has 3 rings (SSSR count). The molecule has 3 aromatic rings. The maximum atomic E-state index is 12.4. The quantitative estimate of drug-likeness (QED) is 0.651. The third-order valence-electron chi connectivity index (χ3n) is 3.59. The summed E-state index contributed by atoms with van der Waals surface area (Å²) in [5.74, 6) is 0. The predicted octanol–water partition coefficient (Wildman–Crippen LogP) is 4.65. The molecule has 0 aliphatic heterocycles. The molecule has 4 nitrogen and oxygen atoms in total. The molecule has 0 saturated heterocycles. The van der Waals surface area contributed by atoms with Crippen molar-refractivity contribution in [2.75, 3.05) is 6.54 Å². The molecule has 0 atom stereocenters. The van der Waals surface area contributed by atoms with Gasteiger partial charge in [0.2, 0.25) is 10.0 Å². The van der Waals surface area contributed by atoms with Gasteiger partial charge in [0.25, 0.3) is 0 Å². The van der Waals surface area contributed by atoms with Crippen LogP contribution >= 0.6 is 34.8 Å². The Balaban J connectivity index is 1.77. The van der Waals surface area contributed by atoms with Gasteiger partial charge >= 0.3 is 0 Å². The number of aromatic nitrogens is 1. The largest absolute Gasteiger partial charge is 0.361 e. The second kappa shape index (κ2) is 6.94. The minimum absolute atomic E-state index is 0.00732. The Labute approximate surface area is 154 Å². The number of hydrogen-bond donors (Lipinski definition) is 2. The fraction of sp³-hybridized carbons (Fsp3) is 0.125. The van der Waals surface area contributed by atoms with Crippen LogP contribution in [-0.4, -0.2) is 19.9 Å². The third kappa shape index (κ3) is 3.55. The molecular formula is C16H13Cl3N2O2S. The van der Waals surface area contributed by atoms with Gasteiger partial charge in [-0.3, -0.25) is 0 Å². The standard InChI is InChI=1S/C16H13Cl3N2O2S/c17-11-7-13(18)16(14(19)8-11)24(22,23)21-6-5-10-9-20-15-4-2-1-3-12(10)15/h1-4,7-9,20-21H,5-6H2. The SMILES string of the molecule is O=S(=O)(NCCc1c[nH]c2ccccc12)c1c(Cl)cc(Cl)cc1Cl. The summed E-state index contributed by atoms with van der Waals surface area (Å²) in [4.78, 5) is 3.00. The summed E-state index contributed by atoms with van der Waals surface area (Å²) < 4.78 is 27.4. The lowest BCUT2D eigenvalue weighted by molar-refractivity contribution is 0.582. The Bertz CT molecular complexity index is 976. The van der Waals surface area contributed by atoms with Crippen LogP contribution in [0.1, 0.15) is 5.56 Å². The third-order valence-corrected chi connectivity index (χ3v) is 6.19. The van der Waals surface area contributed by atoms with Crippen LogP contribution in [0.5, 0.6) is 0 Å². The highest BCUT2D eigenvalue weighted by Crippen LogP contribution is 2.32. The summed E-state index contributed by atoms with van der Waals surface area (Å²) in [5.41, 5.74) is 2.04. The molecule has 0 radical (unpaired) electrons. The summed E-state index contributed by atoms with van der Waals surface area (Å²) in [5, 5.41) is 1.33. The maximum absolute atomic E-state index is 12.4. The molecule has 0 bridgehead atoms. The predicted molar refractivity (Wildman–Crippen MR) is 98.7 cm³/mol. The first kappa shape index (κ1) is 17.6. The topological polar surface area (TPSA) is 62.0 Å². The lowest BCUT2D eigenvalue weighted by atomic mass is 10.1. The molecule has 0 saturated carbocycles. The molecule has 2 N–H and O–H groups in total. The lowest BCUT2D eigenvalue weighted by Gasteiger charge is -2.10. The average Bonchev–Trinajstić information content (AvgIpc) is 2.89. The van der Waals surface area contributed by atoms with Crippen molar-refractivity contribution >= 4 is 55.7 Å². The van der Waals surface area contributed by atoms with Crippen LogP contribution in [0.4, 0.5) is 0 Å². The van der Waals surface area contributed by atoms with Gasteiger partial charge in [-0.15, -0.1) is 0 Å². The fourth-order valence-electron chi connectivity index (χ4n) is 2.52. The fourth-order valence-corrected chi connectivity index (χ4v) is 5.09. The van der Waals surface area contributed by atoms with Crippen LogP contribution in [0.25, 0.3) is 10.9 Å². The Morgan fingerprint density at radius 2 is 1.71 bits per heavy atom. The number of H-pyrrole nitrogens is 1. The van der Waals surface area contributed by atoms with Crippen LogP contribution in [0.15, 0.2) is 47.5 Å². The Hall–Kier alpha value is -1.24. The van der Waals surface area contributed by atoms with Crippen molar-refractivity contribution < 1.29 is 8.42 Å². The Morgan fingerprint density at radius 1 is 1.04 bits per heavy atom. The molecule has 0 fully saturated rings. The van der Waals surface area contributed by atoms with E-state index in [9.17, 15) is 8.42 Å². The summed E-state index contributed by atoms with van der Waals surface area (Å²) >= 11 is 17.8. The molecular weight excluding hydrogens is 391 g/mol. The van der Waals surface area contributed by atoms with Crippen LogP contribution < -0.4 is 4.72 Å². The summed E-state index contributed by atoms with van der Waals surface area (Å²) in [6.07, 6.45) is 2.41. The second-order valence-corrected chi connectivity index (χ2v) is 8.16. The summed E-state index contributed by atoms with van der Waals surface area (Å²) in [6.45, 7) is 0.222. The van der Waals surface area contributed by atoms with E-state index < -0.39 is 10.0 Å². The molecule has 0 amide bonds. The van der Waals surface area contributed by atoms with Crippen molar-refractivity contribution in [3.05, 3.63) is 63.2 Å². The number of nitrogens with one attached hydrogen (secondary N) is 2. The van der Waals surface area contributed by atoms with E-state index >= 15 is 0 Å². The number of halogens is 3. The van der Waals surface area contributed by atoms with E-state index in [-0.39, 0.29) is 26.5 Å². The van der Waals surface area contributed by atoms with Gasteiger partial charge in [0.1, 0.15) is 4.90 Å². The number of rotatable bonds is 5. The lowest BCUT2D eigenvalue weighted by Crippen LogP contribution is -2.26. The Kier molecular flexibility index (Phi) is 5.08. The monoisotopic (exact) mass is 402 g/mol. The zero-order chi connectivity index (χ0) is 17.3. The minimum atomic E-state index is -3.83. The van der Waals surface area contributed by atoms with E-state index in [1.54, 1.807) is 0 Å². The van der Waals surface area contributed by atoms with Crippen molar-refractivity contribution in [2.45, 2.75) is 11.3 Å². The number of hydrogen-bond acceptors (Lipinski definition) is 2. The number of para-hydroxylation sites is 1. The average molecular weight is 404 g/mol. The summed E-state index contributed by atoms with van der Waals surface area (Å²) in [6, 6.07) is 10.5. The summed E-state index contributed by atoms with van der Waals surface area (Å²) in [7, 11) is -3.83. The van der Waals surface area contributed by atoms with Gasteiger partial charge in [-0.25, -0.2) is 13.1 Å². The molecule has 0 aliphatic rings. The van der Waals surface area contributed by atoms with Gasteiger partial charge in [0, 0.05) is 28.7 Å². The minimum Gasteiger partial charge on any atom is -0.361 e. The molecule has 2 aromatic carbocycles. The first-order valence-electron chi connectivity index (χ1n) is 7.08. The van der Waals surface area contributed by atoms with E-state index in [2.05, 4.69) is 9.71 Å². The van der Waals surface area contributed by atoms with Gasteiger partial charge in [0.15, 0.2) is 0 Å². The van der Waals surface area contributed by atoms with Crippen molar-refractivity contribution in [2.24, 2.45) is 0 Å². The van der Waals surface area contributed by atoms with Crippen molar-refractivity contribution in [1.82, 2.24) is 9.71 Å². The highest BCUT2D eigenvalue weighted by molar-refractivity contribution is 7.89. The van der Waals surface area contributed by atoms with Gasteiger partial charge in [0.05, 0.1) is 10.0 Å². The molecule has 0 spiro atoms. The van der Waals surface area contributed by atoms with E-state index in [0.717, 1.165) is 16.5 Å². The van der Waals surface area contributed by atoms with Crippen molar-refractivity contribution in [1.29, 1.82) is 0 Å². The maximum Gasteiger partial charge on any atom is 0.243 e.